The molecule has 1 saturated heterocycles. The largest absolute Gasteiger partial charge is 0.383 e. The molecule has 7 heteroatoms. The van der Waals surface area contributed by atoms with Gasteiger partial charge in [0.25, 0.3) is 5.91 Å². The lowest BCUT2D eigenvalue weighted by atomic mass is 10.1. The molecule has 1 fully saturated rings. The number of nitrogens with one attached hydrogen (secondary N) is 1. The Morgan fingerprint density at radius 3 is 2.48 bits per heavy atom. The minimum atomic E-state index is 0.107. The van der Waals surface area contributed by atoms with Crippen LogP contribution in [0.2, 0.25) is 0 Å². The van der Waals surface area contributed by atoms with Gasteiger partial charge in [-0.15, -0.1) is 11.3 Å². The Morgan fingerprint density at radius 2 is 1.81 bits per heavy atom. The molecular weight excluding hydrogens is 472 g/mol. The van der Waals surface area contributed by atoms with Crippen LogP contribution in [0.25, 0.3) is 0 Å². The van der Waals surface area contributed by atoms with Crippen LogP contribution in [0.3, 0.4) is 0 Å². The van der Waals surface area contributed by atoms with Crippen molar-refractivity contribution in [2.75, 3.05) is 42.9 Å². The molecule has 31 heavy (non-hydrogen) atoms. The maximum Gasteiger partial charge on any atom is 0.265 e. The predicted octanol–water partition coefficient (Wildman–Crippen LogP) is 5.00. The number of rotatable bonds is 6. The molecule has 3 aromatic rings. The number of benzene rings is 2. The lowest BCUT2D eigenvalue weighted by Crippen LogP contribution is -2.48. The number of thiophene rings is 1. The van der Waals surface area contributed by atoms with Crippen molar-refractivity contribution in [3.05, 3.63) is 80.5 Å². The third-order valence-corrected chi connectivity index (χ3v) is 7.26. The first-order valence-corrected chi connectivity index (χ1v) is 11.9. The average molecular weight is 495 g/mol. The summed E-state index contributed by atoms with van der Waals surface area (Å²) in [7, 11) is 0. The van der Waals surface area contributed by atoms with Gasteiger partial charge in [0.1, 0.15) is 4.88 Å². The highest BCUT2D eigenvalue weighted by Crippen LogP contribution is 2.28. The van der Waals surface area contributed by atoms with E-state index in [-0.39, 0.29) is 5.91 Å². The molecule has 5 nitrogen and oxygen atoms in total. The first-order chi connectivity index (χ1) is 15.2. The van der Waals surface area contributed by atoms with E-state index in [0.717, 1.165) is 41.1 Å². The number of nitriles is 1. The van der Waals surface area contributed by atoms with Gasteiger partial charge < -0.3 is 15.1 Å². The zero-order valence-corrected chi connectivity index (χ0v) is 19.5. The average Bonchev–Trinajstić information content (AvgIpc) is 3.25. The number of hydrogen-bond acceptors (Lipinski definition) is 5. The number of amides is 1. The van der Waals surface area contributed by atoms with E-state index < -0.39 is 0 Å². The van der Waals surface area contributed by atoms with Crippen LogP contribution < -0.4 is 10.2 Å². The molecule has 0 unspecified atom stereocenters. The lowest BCUT2D eigenvalue weighted by Gasteiger charge is -2.37. The number of carbonyl (C=O) groups is 1. The van der Waals surface area contributed by atoms with E-state index in [1.807, 2.05) is 46.7 Å². The van der Waals surface area contributed by atoms with Crippen LogP contribution in [0, 0.1) is 11.3 Å². The van der Waals surface area contributed by atoms with E-state index in [1.165, 1.54) is 22.6 Å². The van der Waals surface area contributed by atoms with Crippen molar-refractivity contribution >= 4 is 44.5 Å². The number of nitrogens with zero attached hydrogens (tertiary/aromatic N) is 3. The van der Waals surface area contributed by atoms with Crippen LogP contribution in [0.5, 0.6) is 0 Å². The lowest BCUT2D eigenvalue weighted by molar-refractivity contribution is 0.0751. The molecule has 0 saturated carbocycles. The Hall–Kier alpha value is -2.82. The number of hydrogen-bond donors (Lipinski definition) is 1. The van der Waals surface area contributed by atoms with Crippen molar-refractivity contribution in [3.8, 4) is 6.07 Å². The highest BCUT2D eigenvalue weighted by Gasteiger charge is 2.25. The Kier molecular flexibility index (Phi) is 6.90. The summed E-state index contributed by atoms with van der Waals surface area (Å²) in [6, 6.07) is 20.2. The van der Waals surface area contributed by atoms with Gasteiger partial charge in [0.15, 0.2) is 0 Å². The van der Waals surface area contributed by atoms with Gasteiger partial charge in [0, 0.05) is 37.2 Å². The summed E-state index contributed by atoms with van der Waals surface area (Å²) in [4.78, 5) is 17.8. The monoisotopic (exact) mass is 494 g/mol. The van der Waals surface area contributed by atoms with Gasteiger partial charge in [0.05, 0.1) is 23.0 Å². The van der Waals surface area contributed by atoms with E-state index in [0.29, 0.717) is 18.7 Å². The summed E-state index contributed by atoms with van der Waals surface area (Å²) in [6.07, 6.45) is 0.887. The van der Waals surface area contributed by atoms with Gasteiger partial charge in [-0.3, -0.25) is 4.79 Å². The first kappa shape index (κ1) is 21.4. The highest BCUT2D eigenvalue weighted by molar-refractivity contribution is 9.10. The fraction of sp³-hybridized carbons (Fsp3) is 0.250. The molecule has 2 heterocycles. The van der Waals surface area contributed by atoms with E-state index in [4.69, 9.17) is 5.26 Å². The Bertz CT molecular complexity index is 1080. The third-order valence-electron chi connectivity index (χ3n) is 5.44. The summed E-state index contributed by atoms with van der Waals surface area (Å²) in [6.45, 7) is 3.85. The minimum absolute atomic E-state index is 0.107. The van der Waals surface area contributed by atoms with Gasteiger partial charge in [0.2, 0.25) is 0 Å². The van der Waals surface area contributed by atoms with Crippen LogP contribution in [-0.2, 0) is 6.42 Å². The fourth-order valence-corrected chi connectivity index (χ4v) is 5.23. The summed E-state index contributed by atoms with van der Waals surface area (Å²) >= 11 is 4.95. The molecule has 4 rings (SSSR count). The predicted molar refractivity (Wildman–Crippen MR) is 130 cm³/mol. The molecular formula is C24H23BrN4OS. The molecule has 2 aromatic carbocycles. The molecule has 0 atom stereocenters. The molecule has 1 aromatic heterocycles. The summed E-state index contributed by atoms with van der Waals surface area (Å²) in [5.41, 5.74) is 4.17. The van der Waals surface area contributed by atoms with Crippen molar-refractivity contribution in [3.63, 3.8) is 0 Å². The standard InChI is InChI=1S/C24H23BrN4OS/c25-20-10-16-31-23(20)24(30)29-14-12-28(13-15-29)22-4-2-1-3-21(22)27-11-9-18-5-7-19(17-26)8-6-18/h1-8,10,16,27H,9,11-15H2. The second-order valence-electron chi connectivity index (χ2n) is 7.38. The number of para-hydroxylation sites is 2. The molecule has 1 N–H and O–H groups in total. The highest BCUT2D eigenvalue weighted by atomic mass is 79.9. The van der Waals surface area contributed by atoms with E-state index in [9.17, 15) is 4.79 Å². The van der Waals surface area contributed by atoms with Crippen molar-refractivity contribution in [1.29, 1.82) is 5.26 Å². The minimum Gasteiger partial charge on any atom is -0.383 e. The molecule has 1 amide bonds. The maximum atomic E-state index is 12.8. The summed E-state index contributed by atoms with van der Waals surface area (Å²) in [5, 5.41) is 14.4. The zero-order chi connectivity index (χ0) is 21.6. The number of halogens is 1. The first-order valence-electron chi connectivity index (χ1n) is 10.2. The maximum absolute atomic E-state index is 12.8. The van der Waals surface area contributed by atoms with Gasteiger partial charge in [-0.1, -0.05) is 24.3 Å². The second-order valence-corrected chi connectivity index (χ2v) is 9.15. The van der Waals surface area contributed by atoms with E-state index >= 15 is 0 Å². The van der Waals surface area contributed by atoms with Gasteiger partial charge >= 0.3 is 0 Å². The Labute approximate surface area is 195 Å². The normalized spacial score (nSPS) is 13.7. The van der Waals surface area contributed by atoms with Crippen molar-refractivity contribution in [1.82, 2.24) is 4.90 Å². The molecule has 0 spiro atoms. The molecule has 1 aliphatic rings. The second kappa shape index (κ2) is 9.99. The van der Waals surface area contributed by atoms with Crippen molar-refractivity contribution in [2.45, 2.75) is 6.42 Å². The Balaban J connectivity index is 1.35. The van der Waals surface area contributed by atoms with E-state index in [2.05, 4.69) is 50.4 Å². The number of anilines is 2. The molecule has 0 radical (unpaired) electrons. The van der Waals surface area contributed by atoms with E-state index in [1.54, 1.807) is 0 Å². The smallest absolute Gasteiger partial charge is 0.265 e. The molecule has 1 aliphatic heterocycles. The molecule has 0 aliphatic carbocycles. The molecule has 0 bridgehead atoms. The van der Waals surface area contributed by atoms with Crippen molar-refractivity contribution < 1.29 is 4.79 Å². The van der Waals surface area contributed by atoms with Crippen LogP contribution in [0.1, 0.15) is 20.8 Å². The van der Waals surface area contributed by atoms with Crippen LogP contribution >= 0.6 is 27.3 Å². The number of carbonyl (C=O) groups excluding carboxylic acids is 1. The summed E-state index contributed by atoms with van der Waals surface area (Å²) in [5.74, 6) is 0.107. The van der Waals surface area contributed by atoms with Gasteiger partial charge in [-0.25, -0.2) is 0 Å². The summed E-state index contributed by atoms with van der Waals surface area (Å²) < 4.78 is 0.877. The van der Waals surface area contributed by atoms with Crippen molar-refractivity contribution in [2.24, 2.45) is 0 Å². The van der Waals surface area contributed by atoms with Crippen LogP contribution in [-0.4, -0.2) is 43.5 Å². The third kappa shape index (κ3) is 5.09. The van der Waals surface area contributed by atoms with Gasteiger partial charge in [-0.2, -0.15) is 5.26 Å². The SMILES string of the molecule is N#Cc1ccc(CCNc2ccccc2N2CCN(C(=O)c3sccc3Br)CC2)cc1. The van der Waals surface area contributed by atoms with Crippen LogP contribution in [0.4, 0.5) is 11.4 Å². The zero-order valence-electron chi connectivity index (χ0n) is 17.1. The Morgan fingerprint density at radius 1 is 1.06 bits per heavy atom. The fourth-order valence-electron chi connectivity index (χ4n) is 3.73. The number of piperazine rings is 1. The molecule has 158 valence electrons. The van der Waals surface area contributed by atoms with Crippen LogP contribution in [0.15, 0.2) is 64.5 Å². The quantitative estimate of drug-likeness (QED) is 0.523. The van der Waals surface area contributed by atoms with Gasteiger partial charge in [-0.05, 0) is 63.6 Å². The topological polar surface area (TPSA) is 59.4 Å².